The van der Waals surface area contributed by atoms with E-state index in [1.807, 2.05) is 0 Å². The number of hydrogen-bond acceptors (Lipinski definition) is 2. The molecule has 1 aliphatic carbocycles. The van der Waals surface area contributed by atoms with Crippen molar-refractivity contribution in [3.05, 3.63) is 12.7 Å². The molecule has 12 heavy (non-hydrogen) atoms. The summed E-state index contributed by atoms with van der Waals surface area (Å²) < 4.78 is 0. The maximum atomic E-state index is 4.93. The molecule has 0 aromatic heterocycles. The van der Waals surface area contributed by atoms with Crippen LogP contribution in [-0.4, -0.2) is 11.0 Å². The molecule has 0 aromatic carbocycles. The molecule has 0 heterocycles. The maximum Gasteiger partial charge on any atom is 0.112 e. The van der Waals surface area contributed by atoms with Gasteiger partial charge in [0.25, 0.3) is 0 Å². The van der Waals surface area contributed by atoms with Crippen molar-refractivity contribution in [3.63, 3.8) is 0 Å². The van der Waals surface area contributed by atoms with Crippen molar-refractivity contribution in [1.82, 2.24) is 10.9 Å². The smallest absolute Gasteiger partial charge is 0.112 e. The van der Waals surface area contributed by atoms with E-state index in [0.29, 0.717) is 11.0 Å². The van der Waals surface area contributed by atoms with Crippen LogP contribution in [0.25, 0.3) is 0 Å². The third-order valence-electron chi connectivity index (χ3n) is 2.19. The van der Waals surface area contributed by atoms with Crippen molar-refractivity contribution in [2.24, 2.45) is 0 Å². The maximum absolute atomic E-state index is 4.93. The van der Waals surface area contributed by atoms with E-state index < -0.39 is 0 Å². The average Bonchev–Trinajstić information content (AvgIpc) is 2.16. The van der Waals surface area contributed by atoms with Gasteiger partial charge in [0.2, 0.25) is 0 Å². The van der Waals surface area contributed by atoms with Crippen LogP contribution in [0.1, 0.15) is 32.1 Å². The third-order valence-corrected chi connectivity index (χ3v) is 2.46. The van der Waals surface area contributed by atoms with Crippen LogP contribution in [0.15, 0.2) is 12.7 Å². The second-order valence-electron chi connectivity index (χ2n) is 3.17. The highest BCUT2D eigenvalue weighted by Crippen LogP contribution is 2.16. The predicted molar refractivity (Wildman–Crippen MR) is 55.9 cm³/mol. The van der Waals surface area contributed by atoms with Gasteiger partial charge in [-0.15, -0.1) is 0 Å². The van der Waals surface area contributed by atoms with E-state index in [2.05, 4.69) is 17.4 Å². The summed E-state index contributed by atoms with van der Waals surface area (Å²) in [5.74, 6) is 0. The lowest BCUT2D eigenvalue weighted by atomic mass is 9.96. The molecule has 2 N–H and O–H groups in total. The van der Waals surface area contributed by atoms with E-state index in [9.17, 15) is 0 Å². The van der Waals surface area contributed by atoms with E-state index in [4.69, 9.17) is 12.2 Å². The lowest BCUT2D eigenvalue weighted by Crippen LogP contribution is -2.43. The number of hydrogen-bond donors (Lipinski definition) is 2. The summed E-state index contributed by atoms with van der Waals surface area (Å²) >= 11 is 4.93. The van der Waals surface area contributed by atoms with Crippen molar-refractivity contribution in [2.75, 3.05) is 0 Å². The predicted octanol–water partition coefficient (Wildman–Crippen LogP) is 1.93. The van der Waals surface area contributed by atoms with Crippen molar-refractivity contribution in [3.8, 4) is 0 Å². The van der Waals surface area contributed by atoms with Gasteiger partial charge in [-0.1, -0.05) is 38.1 Å². The molecule has 3 heteroatoms. The lowest BCUT2D eigenvalue weighted by Gasteiger charge is -2.23. The van der Waals surface area contributed by atoms with Gasteiger partial charge in [0, 0.05) is 6.04 Å². The zero-order valence-electron chi connectivity index (χ0n) is 7.31. The molecule has 1 saturated carbocycles. The van der Waals surface area contributed by atoms with Gasteiger partial charge in [-0.05, 0) is 18.9 Å². The van der Waals surface area contributed by atoms with Gasteiger partial charge in [0.1, 0.15) is 4.99 Å². The van der Waals surface area contributed by atoms with E-state index >= 15 is 0 Å². The molecule has 0 aromatic rings. The Morgan fingerprint density at radius 2 is 2.00 bits per heavy atom. The molecule has 1 rings (SSSR count). The van der Waals surface area contributed by atoms with Gasteiger partial charge in [0.15, 0.2) is 0 Å². The molecule has 0 radical (unpaired) electrons. The second-order valence-corrected chi connectivity index (χ2v) is 3.61. The molecule has 0 unspecified atom stereocenters. The van der Waals surface area contributed by atoms with Crippen molar-refractivity contribution in [2.45, 2.75) is 38.1 Å². The SMILES string of the molecule is C=CC(=S)NNC1CCCCC1. The molecule has 0 saturated heterocycles. The lowest BCUT2D eigenvalue weighted by molar-refractivity contribution is 0.362. The first kappa shape index (κ1) is 9.68. The summed E-state index contributed by atoms with van der Waals surface area (Å²) in [6, 6.07) is 0.594. The fourth-order valence-corrected chi connectivity index (χ4v) is 1.53. The molecular weight excluding hydrogens is 168 g/mol. The zero-order valence-corrected chi connectivity index (χ0v) is 8.12. The molecule has 68 valence electrons. The van der Waals surface area contributed by atoms with Crippen LogP contribution in [0.2, 0.25) is 0 Å². The summed E-state index contributed by atoms with van der Waals surface area (Å²) in [7, 11) is 0. The first-order valence-corrected chi connectivity index (χ1v) is 4.91. The quantitative estimate of drug-likeness (QED) is 0.398. The van der Waals surface area contributed by atoms with Gasteiger partial charge in [-0.25, -0.2) is 5.43 Å². The Hall–Kier alpha value is -0.410. The number of nitrogens with one attached hydrogen (secondary N) is 2. The van der Waals surface area contributed by atoms with Crippen LogP contribution in [0.3, 0.4) is 0 Å². The Labute approximate surface area is 79.4 Å². The Morgan fingerprint density at radius 3 is 2.58 bits per heavy atom. The minimum absolute atomic E-state index is 0.594. The summed E-state index contributed by atoms with van der Waals surface area (Å²) in [6.07, 6.45) is 8.20. The van der Waals surface area contributed by atoms with Crippen LogP contribution < -0.4 is 10.9 Å². The molecule has 0 bridgehead atoms. The molecule has 1 fully saturated rings. The summed E-state index contributed by atoms with van der Waals surface area (Å²) in [4.78, 5) is 0.681. The summed E-state index contributed by atoms with van der Waals surface area (Å²) in [5.41, 5.74) is 6.18. The molecular formula is C9H16N2S. The number of hydrazine groups is 1. The van der Waals surface area contributed by atoms with Crippen LogP contribution >= 0.6 is 12.2 Å². The fourth-order valence-electron chi connectivity index (χ4n) is 1.47. The highest BCUT2D eigenvalue weighted by molar-refractivity contribution is 7.80. The first-order chi connectivity index (χ1) is 5.83. The van der Waals surface area contributed by atoms with Gasteiger partial charge in [-0.3, -0.25) is 0 Å². The second kappa shape index (κ2) is 5.27. The molecule has 0 atom stereocenters. The van der Waals surface area contributed by atoms with E-state index in [1.165, 1.54) is 32.1 Å². The van der Waals surface area contributed by atoms with Crippen molar-refractivity contribution in [1.29, 1.82) is 0 Å². The molecule has 0 amide bonds. The summed E-state index contributed by atoms with van der Waals surface area (Å²) in [5, 5.41) is 0. The van der Waals surface area contributed by atoms with Gasteiger partial charge < -0.3 is 5.43 Å². The highest BCUT2D eigenvalue weighted by atomic mass is 32.1. The van der Waals surface area contributed by atoms with Crippen LogP contribution in [0, 0.1) is 0 Å². The Morgan fingerprint density at radius 1 is 1.33 bits per heavy atom. The topological polar surface area (TPSA) is 24.1 Å². The zero-order chi connectivity index (χ0) is 8.81. The van der Waals surface area contributed by atoms with Crippen molar-refractivity contribution >= 4 is 17.2 Å². The Bertz CT molecular complexity index is 162. The third kappa shape index (κ3) is 3.32. The first-order valence-electron chi connectivity index (χ1n) is 4.51. The minimum Gasteiger partial charge on any atom is -0.312 e. The number of rotatable bonds is 3. The minimum atomic E-state index is 0.594. The number of thiocarbonyl (C=S) groups is 1. The van der Waals surface area contributed by atoms with Gasteiger partial charge >= 0.3 is 0 Å². The van der Waals surface area contributed by atoms with Crippen LogP contribution in [-0.2, 0) is 0 Å². The van der Waals surface area contributed by atoms with Gasteiger partial charge in [-0.2, -0.15) is 0 Å². The van der Waals surface area contributed by atoms with Crippen LogP contribution in [0.5, 0.6) is 0 Å². The standard InChI is InChI=1S/C9H16N2S/c1-2-9(12)11-10-8-6-4-3-5-7-8/h2,8,10H,1,3-7H2,(H,11,12). The highest BCUT2D eigenvalue weighted by Gasteiger charge is 2.11. The summed E-state index contributed by atoms with van der Waals surface area (Å²) in [6.45, 7) is 3.58. The van der Waals surface area contributed by atoms with Crippen LogP contribution in [0.4, 0.5) is 0 Å². The van der Waals surface area contributed by atoms with Gasteiger partial charge in [0.05, 0.1) is 0 Å². The molecule has 0 spiro atoms. The van der Waals surface area contributed by atoms with E-state index in [0.717, 1.165) is 0 Å². The normalized spacial score (nSPS) is 18.7. The monoisotopic (exact) mass is 184 g/mol. The fraction of sp³-hybridized carbons (Fsp3) is 0.667. The largest absolute Gasteiger partial charge is 0.312 e. The van der Waals surface area contributed by atoms with Crippen molar-refractivity contribution < 1.29 is 0 Å². The molecule has 1 aliphatic rings. The molecule has 2 nitrogen and oxygen atoms in total. The van der Waals surface area contributed by atoms with E-state index in [-0.39, 0.29) is 0 Å². The Kier molecular flexibility index (Phi) is 4.25. The molecule has 0 aliphatic heterocycles. The van der Waals surface area contributed by atoms with E-state index in [1.54, 1.807) is 6.08 Å². The average molecular weight is 184 g/mol. The Balaban J connectivity index is 2.12.